The van der Waals surface area contributed by atoms with E-state index < -0.39 is 0 Å². The Hall–Kier alpha value is -2.76. The molecule has 0 saturated heterocycles. The third-order valence-corrected chi connectivity index (χ3v) is 2.69. The maximum atomic E-state index is 12.0. The molecule has 0 fully saturated rings. The predicted octanol–water partition coefficient (Wildman–Crippen LogP) is 1.93. The van der Waals surface area contributed by atoms with Crippen molar-refractivity contribution in [2.75, 3.05) is 25.3 Å². The van der Waals surface area contributed by atoms with E-state index >= 15 is 0 Å². The second-order valence-electron chi connectivity index (χ2n) is 4.00. The van der Waals surface area contributed by atoms with Crippen molar-refractivity contribution < 1.29 is 14.3 Å². The van der Waals surface area contributed by atoms with Gasteiger partial charge in [-0.3, -0.25) is 4.79 Å². The summed E-state index contributed by atoms with van der Waals surface area (Å²) in [6, 6.07) is 8.31. The van der Waals surface area contributed by atoms with Crippen LogP contribution in [0.5, 0.6) is 11.5 Å². The molecule has 0 unspecified atom stereocenters. The van der Waals surface area contributed by atoms with Crippen LogP contribution >= 0.6 is 0 Å². The van der Waals surface area contributed by atoms with Gasteiger partial charge in [0.05, 0.1) is 19.8 Å². The summed E-state index contributed by atoms with van der Waals surface area (Å²) >= 11 is 0. The lowest BCUT2D eigenvalue weighted by atomic mass is 10.2. The molecular formula is C14H15N3O3. The van der Waals surface area contributed by atoms with Gasteiger partial charge in [0.2, 0.25) is 0 Å². The zero-order valence-electron chi connectivity index (χ0n) is 11.2. The molecule has 0 bridgehead atoms. The van der Waals surface area contributed by atoms with Crippen molar-refractivity contribution >= 4 is 17.4 Å². The van der Waals surface area contributed by atoms with E-state index in [0.29, 0.717) is 28.6 Å². The van der Waals surface area contributed by atoms with Gasteiger partial charge in [-0.1, -0.05) is 0 Å². The standard InChI is InChI=1S/C14H15N3O3/c1-19-11-5-4-10(7-12(11)20-2)17-14(18)9-3-6-13(15)16-8-9/h3-8H,1-2H3,(H2,15,16)(H,17,18). The molecule has 0 radical (unpaired) electrons. The van der Waals surface area contributed by atoms with Crippen LogP contribution in [0.25, 0.3) is 0 Å². The number of rotatable bonds is 4. The Kier molecular flexibility index (Phi) is 4.05. The summed E-state index contributed by atoms with van der Waals surface area (Å²) in [5.74, 6) is 1.23. The lowest BCUT2D eigenvalue weighted by Gasteiger charge is -2.10. The van der Waals surface area contributed by atoms with Crippen molar-refractivity contribution in [3.63, 3.8) is 0 Å². The summed E-state index contributed by atoms with van der Waals surface area (Å²) in [7, 11) is 3.09. The lowest BCUT2D eigenvalue weighted by Crippen LogP contribution is -2.12. The smallest absolute Gasteiger partial charge is 0.257 e. The molecule has 0 atom stereocenters. The molecule has 1 aromatic carbocycles. The largest absolute Gasteiger partial charge is 0.493 e. The van der Waals surface area contributed by atoms with Crippen LogP contribution in [-0.2, 0) is 0 Å². The molecule has 0 aliphatic rings. The fraction of sp³-hybridized carbons (Fsp3) is 0.143. The number of amides is 1. The monoisotopic (exact) mass is 273 g/mol. The van der Waals surface area contributed by atoms with Gasteiger partial charge in [-0.25, -0.2) is 4.98 Å². The first-order valence-corrected chi connectivity index (χ1v) is 5.89. The van der Waals surface area contributed by atoms with Crippen molar-refractivity contribution in [1.29, 1.82) is 0 Å². The van der Waals surface area contributed by atoms with Gasteiger partial charge < -0.3 is 20.5 Å². The molecule has 1 heterocycles. The SMILES string of the molecule is COc1ccc(NC(=O)c2ccc(N)nc2)cc1OC. The molecule has 0 aliphatic heterocycles. The van der Waals surface area contributed by atoms with E-state index in [1.807, 2.05) is 0 Å². The van der Waals surface area contributed by atoms with Crippen molar-refractivity contribution in [3.8, 4) is 11.5 Å². The Morgan fingerprint density at radius 1 is 1.15 bits per heavy atom. The second kappa shape index (κ2) is 5.92. The number of hydrogen-bond donors (Lipinski definition) is 2. The van der Waals surface area contributed by atoms with Crippen molar-refractivity contribution in [1.82, 2.24) is 4.98 Å². The lowest BCUT2D eigenvalue weighted by molar-refractivity contribution is 0.102. The molecule has 104 valence electrons. The molecule has 0 aliphatic carbocycles. The third-order valence-electron chi connectivity index (χ3n) is 2.69. The third kappa shape index (κ3) is 2.97. The van der Waals surface area contributed by atoms with Gasteiger partial charge >= 0.3 is 0 Å². The number of pyridine rings is 1. The number of carbonyl (C=O) groups excluding carboxylic acids is 1. The number of nitrogens with zero attached hydrogens (tertiary/aromatic N) is 1. The molecular weight excluding hydrogens is 258 g/mol. The number of nitrogen functional groups attached to an aromatic ring is 1. The molecule has 6 nitrogen and oxygen atoms in total. The predicted molar refractivity (Wildman–Crippen MR) is 76.1 cm³/mol. The van der Waals surface area contributed by atoms with Gasteiger partial charge in [0.1, 0.15) is 5.82 Å². The molecule has 1 amide bonds. The molecule has 0 saturated carbocycles. The summed E-state index contributed by atoms with van der Waals surface area (Å²) in [6.07, 6.45) is 1.42. The number of methoxy groups -OCH3 is 2. The summed E-state index contributed by atoms with van der Waals surface area (Å²) in [6.45, 7) is 0. The fourth-order valence-corrected chi connectivity index (χ4v) is 1.66. The van der Waals surface area contributed by atoms with Gasteiger partial charge in [0.15, 0.2) is 11.5 Å². The molecule has 0 spiro atoms. The van der Waals surface area contributed by atoms with Crippen molar-refractivity contribution in [3.05, 3.63) is 42.1 Å². The van der Waals surface area contributed by atoms with Gasteiger partial charge in [-0.2, -0.15) is 0 Å². The van der Waals surface area contributed by atoms with E-state index in [1.165, 1.54) is 13.3 Å². The van der Waals surface area contributed by atoms with Gasteiger partial charge in [0, 0.05) is 18.0 Å². The normalized spacial score (nSPS) is 9.90. The van der Waals surface area contributed by atoms with E-state index in [9.17, 15) is 4.79 Å². The first-order chi connectivity index (χ1) is 9.63. The van der Waals surface area contributed by atoms with E-state index in [2.05, 4.69) is 10.3 Å². The molecule has 2 aromatic rings. The maximum Gasteiger partial charge on any atom is 0.257 e. The minimum absolute atomic E-state index is 0.273. The highest BCUT2D eigenvalue weighted by Gasteiger charge is 2.09. The first kappa shape index (κ1) is 13.7. The minimum atomic E-state index is -0.273. The molecule has 6 heteroatoms. The van der Waals surface area contributed by atoms with Crippen molar-refractivity contribution in [2.24, 2.45) is 0 Å². The van der Waals surface area contributed by atoms with Crippen molar-refractivity contribution in [2.45, 2.75) is 0 Å². The average Bonchev–Trinajstić information content (AvgIpc) is 2.47. The summed E-state index contributed by atoms with van der Waals surface area (Å²) in [5, 5.41) is 2.75. The number of benzene rings is 1. The number of carbonyl (C=O) groups is 1. The van der Waals surface area contributed by atoms with Gasteiger partial charge in [-0.15, -0.1) is 0 Å². The zero-order chi connectivity index (χ0) is 14.5. The number of anilines is 2. The maximum absolute atomic E-state index is 12.0. The topological polar surface area (TPSA) is 86.5 Å². The Balaban J connectivity index is 2.17. The van der Waals surface area contributed by atoms with E-state index in [4.69, 9.17) is 15.2 Å². The fourth-order valence-electron chi connectivity index (χ4n) is 1.66. The molecule has 1 aromatic heterocycles. The number of ether oxygens (including phenoxy) is 2. The van der Waals surface area contributed by atoms with Crippen LogP contribution in [0.1, 0.15) is 10.4 Å². The summed E-state index contributed by atoms with van der Waals surface area (Å²) < 4.78 is 10.3. The van der Waals surface area contributed by atoms with Crippen LogP contribution < -0.4 is 20.5 Å². The quantitative estimate of drug-likeness (QED) is 0.889. The molecule has 2 rings (SSSR count). The summed E-state index contributed by atoms with van der Waals surface area (Å²) in [5.41, 5.74) is 6.50. The van der Waals surface area contributed by atoms with Gasteiger partial charge in [0.25, 0.3) is 5.91 Å². The Labute approximate surface area is 116 Å². The minimum Gasteiger partial charge on any atom is -0.493 e. The Morgan fingerprint density at radius 3 is 2.50 bits per heavy atom. The average molecular weight is 273 g/mol. The van der Waals surface area contributed by atoms with Gasteiger partial charge in [-0.05, 0) is 24.3 Å². The molecule has 3 N–H and O–H groups in total. The number of nitrogens with one attached hydrogen (secondary N) is 1. The van der Waals surface area contributed by atoms with Crippen LogP contribution in [0.4, 0.5) is 11.5 Å². The highest BCUT2D eigenvalue weighted by atomic mass is 16.5. The van der Waals surface area contributed by atoms with E-state index in [0.717, 1.165) is 0 Å². The van der Waals surface area contributed by atoms with Crippen LogP contribution in [-0.4, -0.2) is 25.1 Å². The molecule has 20 heavy (non-hydrogen) atoms. The highest BCUT2D eigenvalue weighted by molar-refractivity contribution is 6.04. The number of hydrogen-bond acceptors (Lipinski definition) is 5. The highest BCUT2D eigenvalue weighted by Crippen LogP contribution is 2.29. The Bertz CT molecular complexity index is 612. The zero-order valence-corrected chi connectivity index (χ0v) is 11.2. The first-order valence-electron chi connectivity index (χ1n) is 5.89. The van der Waals surface area contributed by atoms with E-state index in [-0.39, 0.29) is 5.91 Å². The Morgan fingerprint density at radius 2 is 1.90 bits per heavy atom. The van der Waals surface area contributed by atoms with Crippen LogP contribution in [0.3, 0.4) is 0 Å². The number of aromatic nitrogens is 1. The second-order valence-corrected chi connectivity index (χ2v) is 4.00. The van der Waals surface area contributed by atoms with Crippen LogP contribution in [0.15, 0.2) is 36.5 Å². The van der Waals surface area contributed by atoms with Crippen LogP contribution in [0, 0.1) is 0 Å². The number of nitrogens with two attached hydrogens (primary N) is 1. The van der Waals surface area contributed by atoms with Crippen LogP contribution in [0.2, 0.25) is 0 Å². The summed E-state index contributed by atoms with van der Waals surface area (Å²) in [4.78, 5) is 15.9. The van der Waals surface area contributed by atoms with E-state index in [1.54, 1.807) is 37.4 Å².